The van der Waals surface area contributed by atoms with E-state index >= 15 is 0 Å². The molecule has 1 aromatic carbocycles. The smallest absolute Gasteiger partial charge is 0.146 e. The van der Waals surface area contributed by atoms with E-state index in [1.54, 1.807) is 11.3 Å². The summed E-state index contributed by atoms with van der Waals surface area (Å²) < 4.78 is 5.50. The Morgan fingerprint density at radius 3 is 2.70 bits per heavy atom. The van der Waals surface area contributed by atoms with Crippen LogP contribution in [0.5, 0.6) is 0 Å². The van der Waals surface area contributed by atoms with E-state index in [4.69, 9.17) is 14.7 Å². The number of anilines is 1. The molecule has 0 bridgehead atoms. The molecular weight excluding hydrogens is 392 g/mol. The van der Waals surface area contributed by atoms with E-state index in [0.29, 0.717) is 12.0 Å². The molecule has 2 fully saturated rings. The first-order valence-electron chi connectivity index (χ1n) is 11.2. The SMILES string of the molecule is C[C@@H]1CCCC[C@H]1Nc1nc(CN2CCOCC2)nc2scc(-c3ccccc3)c12. The molecule has 0 radical (unpaired) electrons. The van der Waals surface area contributed by atoms with Gasteiger partial charge >= 0.3 is 0 Å². The maximum Gasteiger partial charge on any atom is 0.146 e. The first kappa shape index (κ1) is 19.9. The average Bonchev–Trinajstić information content (AvgIpc) is 3.21. The van der Waals surface area contributed by atoms with Gasteiger partial charge in [-0.2, -0.15) is 0 Å². The van der Waals surface area contributed by atoms with E-state index in [9.17, 15) is 0 Å². The van der Waals surface area contributed by atoms with Crippen LogP contribution in [0.3, 0.4) is 0 Å². The molecule has 2 atom stereocenters. The van der Waals surface area contributed by atoms with Crippen molar-refractivity contribution in [2.75, 3.05) is 31.6 Å². The summed E-state index contributed by atoms with van der Waals surface area (Å²) in [6, 6.07) is 11.1. The summed E-state index contributed by atoms with van der Waals surface area (Å²) in [4.78, 5) is 13.5. The van der Waals surface area contributed by atoms with Crippen LogP contribution in [0.15, 0.2) is 35.7 Å². The van der Waals surface area contributed by atoms with Crippen molar-refractivity contribution in [1.29, 1.82) is 0 Å². The minimum absolute atomic E-state index is 0.483. The molecule has 3 aromatic rings. The lowest BCUT2D eigenvalue weighted by Crippen LogP contribution is -2.36. The second kappa shape index (κ2) is 9.00. The molecule has 0 unspecified atom stereocenters. The van der Waals surface area contributed by atoms with Crippen LogP contribution in [0, 0.1) is 5.92 Å². The van der Waals surface area contributed by atoms with E-state index in [2.05, 4.69) is 52.9 Å². The van der Waals surface area contributed by atoms with Crippen LogP contribution in [-0.2, 0) is 11.3 Å². The van der Waals surface area contributed by atoms with Gasteiger partial charge in [0.2, 0.25) is 0 Å². The highest BCUT2D eigenvalue weighted by Crippen LogP contribution is 2.38. The average molecular weight is 423 g/mol. The number of hydrogen-bond donors (Lipinski definition) is 1. The van der Waals surface area contributed by atoms with Crippen molar-refractivity contribution in [3.63, 3.8) is 0 Å². The van der Waals surface area contributed by atoms with Crippen molar-refractivity contribution in [2.45, 2.75) is 45.2 Å². The number of benzene rings is 1. The van der Waals surface area contributed by atoms with Gasteiger partial charge in [0.05, 0.1) is 25.1 Å². The van der Waals surface area contributed by atoms with Gasteiger partial charge in [0.15, 0.2) is 0 Å². The van der Waals surface area contributed by atoms with Crippen LogP contribution in [0.2, 0.25) is 0 Å². The zero-order valence-corrected chi connectivity index (χ0v) is 18.5. The topological polar surface area (TPSA) is 50.3 Å². The first-order chi connectivity index (χ1) is 14.8. The summed E-state index contributed by atoms with van der Waals surface area (Å²) in [5.41, 5.74) is 2.47. The Morgan fingerprint density at radius 1 is 1.10 bits per heavy atom. The number of thiophene rings is 1. The van der Waals surface area contributed by atoms with Crippen LogP contribution in [0.4, 0.5) is 5.82 Å². The Hall–Kier alpha value is -2.02. The molecule has 0 amide bonds. The summed E-state index contributed by atoms with van der Waals surface area (Å²) in [6.07, 6.45) is 5.15. The molecule has 5 nitrogen and oxygen atoms in total. The lowest BCUT2D eigenvalue weighted by atomic mass is 9.86. The lowest BCUT2D eigenvalue weighted by Gasteiger charge is -2.30. The number of morpholine rings is 1. The number of ether oxygens (including phenoxy) is 1. The predicted molar refractivity (Wildman–Crippen MR) is 124 cm³/mol. The molecule has 2 aliphatic rings. The summed E-state index contributed by atoms with van der Waals surface area (Å²) in [6.45, 7) is 6.64. The molecule has 0 spiro atoms. The van der Waals surface area contributed by atoms with E-state index in [1.807, 2.05) is 0 Å². The van der Waals surface area contributed by atoms with Gasteiger partial charge in [0, 0.05) is 30.1 Å². The van der Waals surface area contributed by atoms with Gasteiger partial charge in [-0.1, -0.05) is 50.1 Å². The summed E-state index contributed by atoms with van der Waals surface area (Å²) in [5, 5.41) is 7.27. The standard InChI is InChI=1S/C24H30N4OS/c1-17-7-5-6-10-20(17)25-23-22-19(18-8-3-2-4-9-18)16-30-24(22)27-21(26-23)15-28-11-13-29-14-12-28/h2-4,8-9,16-17,20H,5-7,10-15H2,1H3,(H,25,26,27)/t17-,20-/m1/s1. The minimum Gasteiger partial charge on any atom is -0.379 e. The fourth-order valence-electron chi connectivity index (χ4n) is 4.66. The van der Waals surface area contributed by atoms with Crippen molar-refractivity contribution in [1.82, 2.24) is 14.9 Å². The third-order valence-corrected chi connectivity index (χ3v) is 7.34. The first-order valence-corrected chi connectivity index (χ1v) is 12.1. The van der Waals surface area contributed by atoms with Crippen LogP contribution in [0.1, 0.15) is 38.4 Å². The molecule has 3 heterocycles. The van der Waals surface area contributed by atoms with Crippen LogP contribution in [-0.4, -0.2) is 47.2 Å². The summed E-state index contributed by atoms with van der Waals surface area (Å²) in [5.74, 6) is 2.60. The summed E-state index contributed by atoms with van der Waals surface area (Å²) >= 11 is 1.73. The zero-order chi connectivity index (χ0) is 20.3. The molecule has 5 rings (SSSR count). The van der Waals surface area contributed by atoms with Gasteiger partial charge < -0.3 is 10.1 Å². The highest BCUT2D eigenvalue weighted by molar-refractivity contribution is 7.17. The monoisotopic (exact) mass is 422 g/mol. The largest absolute Gasteiger partial charge is 0.379 e. The predicted octanol–water partition coefficient (Wildman–Crippen LogP) is 5.18. The van der Waals surface area contributed by atoms with E-state index in [-0.39, 0.29) is 0 Å². The maximum absolute atomic E-state index is 5.50. The Kier molecular flexibility index (Phi) is 5.97. The van der Waals surface area contributed by atoms with Gasteiger partial charge in [0.25, 0.3) is 0 Å². The summed E-state index contributed by atoms with van der Waals surface area (Å²) in [7, 11) is 0. The Labute approximate surface area is 182 Å². The van der Waals surface area contributed by atoms with Gasteiger partial charge in [-0.25, -0.2) is 9.97 Å². The van der Waals surface area contributed by atoms with E-state index < -0.39 is 0 Å². The Bertz CT molecular complexity index is 984. The molecular formula is C24H30N4OS. The number of nitrogens with zero attached hydrogens (tertiary/aromatic N) is 3. The molecule has 30 heavy (non-hydrogen) atoms. The van der Waals surface area contributed by atoms with Crippen molar-refractivity contribution >= 4 is 27.4 Å². The zero-order valence-electron chi connectivity index (χ0n) is 17.6. The van der Waals surface area contributed by atoms with Crippen molar-refractivity contribution in [3.05, 3.63) is 41.5 Å². The molecule has 1 saturated carbocycles. The normalized spacial score (nSPS) is 23.0. The van der Waals surface area contributed by atoms with Crippen LogP contribution < -0.4 is 5.32 Å². The van der Waals surface area contributed by atoms with Crippen LogP contribution in [0.25, 0.3) is 21.3 Å². The number of aromatic nitrogens is 2. The molecule has 1 saturated heterocycles. The molecule has 158 valence electrons. The quantitative estimate of drug-likeness (QED) is 0.614. The van der Waals surface area contributed by atoms with Gasteiger partial charge in [-0.05, 0) is 24.3 Å². The maximum atomic E-state index is 5.50. The van der Waals surface area contributed by atoms with E-state index in [0.717, 1.165) is 49.3 Å². The third-order valence-electron chi connectivity index (χ3n) is 6.47. The number of fused-ring (bicyclic) bond motifs is 1. The van der Waals surface area contributed by atoms with Gasteiger partial charge in [0.1, 0.15) is 16.5 Å². The van der Waals surface area contributed by atoms with Crippen molar-refractivity contribution in [3.8, 4) is 11.1 Å². The van der Waals surface area contributed by atoms with E-state index in [1.165, 1.54) is 42.2 Å². The molecule has 6 heteroatoms. The second-order valence-electron chi connectivity index (χ2n) is 8.59. The number of hydrogen-bond acceptors (Lipinski definition) is 6. The lowest BCUT2D eigenvalue weighted by molar-refractivity contribution is 0.0331. The third kappa shape index (κ3) is 4.22. The molecule has 1 N–H and O–H groups in total. The second-order valence-corrected chi connectivity index (χ2v) is 9.44. The molecule has 1 aliphatic carbocycles. The van der Waals surface area contributed by atoms with Crippen molar-refractivity contribution < 1.29 is 4.74 Å². The number of nitrogens with one attached hydrogen (secondary N) is 1. The highest BCUT2D eigenvalue weighted by atomic mass is 32.1. The van der Waals surface area contributed by atoms with Gasteiger partial charge in [-0.3, -0.25) is 4.90 Å². The highest BCUT2D eigenvalue weighted by Gasteiger charge is 2.24. The number of rotatable bonds is 5. The Morgan fingerprint density at radius 2 is 1.90 bits per heavy atom. The Balaban J connectivity index is 1.54. The fraction of sp³-hybridized carbons (Fsp3) is 0.500. The molecule has 2 aromatic heterocycles. The van der Waals surface area contributed by atoms with Crippen molar-refractivity contribution in [2.24, 2.45) is 5.92 Å². The van der Waals surface area contributed by atoms with Crippen LogP contribution >= 0.6 is 11.3 Å². The minimum atomic E-state index is 0.483. The fourth-order valence-corrected chi connectivity index (χ4v) is 5.62. The van der Waals surface area contributed by atoms with Gasteiger partial charge in [-0.15, -0.1) is 11.3 Å². The molecule has 1 aliphatic heterocycles.